The van der Waals surface area contributed by atoms with Gasteiger partial charge in [-0.15, -0.1) is 0 Å². The van der Waals surface area contributed by atoms with Gasteiger partial charge in [-0.3, -0.25) is 9.80 Å². The van der Waals surface area contributed by atoms with E-state index in [9.17, 15) is 5.11 Å². The molecule has 1 saturated heterocycles. The summed E-state index contributed by atoms with van der Waals surface area (Å²) in [6, 6.07) is 15.9. The number of likely N-dealkylation sites (N-methyl/N-ethyl adjacent to an activating group) is 1. The molecule has 3 N–H and O–H groups in total. The van der Waals surface area contributed by atoms with Crippen LogP contribution in [0.4, 0.5) is 23.1 Å². The third kappa shape index (κ3) is 6.22. The molecule has 0 aliphatic carbocycles. The van der Waals surface area contributed by atoms with Crippen molar-refractivity contribution < 1.29 is 5.11 Å². The van der Waals surface area contributed by atoms with Crippen molar-refractivity contribution in [3.63, 3.8) is 0 Å². The normalized spacial score (nSPS) is 15.9. The maximum Gasteiger partial charge on any atom is 0.229 e. The Bertz CT molecular complexity index is 1080. The molecule has 3 aromatic rings. The molecule has 1 atom stereocenters. The molecule has 0 amide bonds. The molecule has 1 aliphatic heterocycles. The summed E-state index contributed by atoms with van der Waals surface area (Å²) in [6.45, 7) is 5.38. The summed E-state index contributed by atoms with van der Waals surface area (Å²) in [7, 11) is 5.80. The van der Waals surface area contributed by atoms with E-state index >= 15 is 0 Å². The largest absolute Gasteiger partial charge is 0.374 e. The molecular weight excluding hydrogens is 450 g/mol. The highest BCUT2D eigenvalue weighted by Crippen LogP contribution is 2.30. The minimum atomic E-state index is -0.758. The summed E-state index contributed by atoms with van der Waals surface area (Å²) in [4.78, 5) is 15.4. The van der Waals surface area contributed by atoms with Crippen LogP contribution in [0.5, 0.6) is 0 Å². The summed E-state index contributed by atoms with van der Waals surface area (Å²) in [5.74, 6) is 0.897. The van der Waals surface area contributed by atoms with Gasteiger partial charge in [-0.25, -0.2) is 4.98 Å². The van der Waals surface area contributed by atoms with Gasteiger partial charge in [0.1, 0.15) is 11.3 Å². The lowest BCUT2D eigenvalue weighted by Crippen LogP contribution is -2.43. The molecular formula is C25H32ClN7O. The number of hydrogen-bond donors (Lipinski definition) is 3. The van der Waals surface area contributed by atoms with E-state index in [1.165, 1.54) is 5.56 Å². The number of nitrogens with one attached hydrogen (secondary N) is 2. The summed E-state index contributed by atoms with van der Waals surface area (Å²) < 4.78 is 0. The summed E-state index contributed by atoms with van der Waals surface area (Å²) in [6.07, 6.45) is 0.803. The van der Waals surface area contributed by atoms with Gasteiger partial charge >= 0.3 is 0 Å². The zero-order chi connectivity index (χ0) is 24.1. The highest BCUT2D eigenvalue weighted by molar-refractivity contribution is 6.32. The van der Waals surface area contributed by atoms with Crippen LogP contribution in [0.25, 0.3) is 0 Å². The molecule has 2 heterocycles. The van der Waals surface area contributed by atoms with Gasteiger partial charge in [0.05, 0.1) is 6.20 Å². The Morgan fingerprint density at radius 3 is 2.44 bits per heavy atom. The Kier molecular flexibility index (Phi) is 7.97. The van der Waals surface area contributed by atoms with Gasteiger partial charge in [0, 0.05) is 49.7 Å². The number of halogens is 1. The first kappa shape index (κ1) is 24.4. The van der Waals surface area contributed by atoms with Crippen LogP contribution in [0.1, 0.15) is 17.4 Å². The number of para-hydroxylation sites is 1. The van der Waals surface area contributed by atoms with Crippen molar-refractivity contribution in [3.05, 3.63) is 70.9 Å². The van der Waals surface area contributed by atoms with Crippen molar-refractivity contribution in [2.45, 2.75) is 12.8 Å². The van der Waals surface area contributed by atoms with E-state index in [2.05, 4.69) is 49.6 Å². The zero-order valence-electron chi connectivity index (χ0n) is 19.9. The van der Waals surface area contributed by atoms with Crippen LogP contribution in [0.2, 0.25) is 5.02 Å². The van der Waals surface area contributed by atoms with Crippen LogP contribution in [-0.2, 0) is 6.54 Å². The highest BCUT2D eigenvalue weighted by Gasteiger charge is 2.16. The van der Waals surface area contributed by atoms with Crippen molar-refractivity contribution in [3.8, 4) is 0 Å². The molecule has 9 heteroatoms. The lowest BCUT2D eigenvalue weighted by atomic mass is 10.1. The summed E-state index contributed by atoms with van der Waals surface area (Å²) in [5.41, 5.74) is 3.64. The van der Waals surface area contributed by atoms with Crippen LogP contribution < -0.4 is 10.6 Å². The predicted molar refractivity (Wildman–Crippen MR) is 138 cm³/mol. The van der Waals surface area contributed by atoms with Gasteiger partial charge < -0.3 is 20.6 Å². The first-order valence-corrected chi connectivity index (χ1v) is 11.8. The van der Waals surface area contributed by atoms with Crippen molar-refractivity contribution in [2.75, 3.05) is 58.0 Å². The Morgan fingerprint density at radius 2 is 1.74 bits per heavy atom. The molecule has 1 aliphatic rings. The van der Waals surface area contributed by atoms with Crippen molar-refractivity contribution in [1.29, 1.82) is 0 Å². The molecule has 8 nitrogen and oxygen atoms in total. The number of aliphatic hydroxyl groups excluding tert-OH is 1. The van der Waals surface area contributed by atoms with Crippen molar-refractivity contribution >= 4 is 34.7 Å². The van der Waals surface area contributed by atoms with E-state index in [0.717, 1.165) is 49.7 Å². The Morgan fingerprint density at radius 1 is 1.03 bits per heavy atom. The van der Waals surface area contributed by atoms with E-state index in [0.29, 0.717) is 16.8 Å². The number of nitrogens with zero attached hydrogens (tertiary/aromatic N) is 5. The molecule has 1 unspecified atom stereocenters. The second-order valence-corrected chi connectivity index (χ2v) is 9.25. The van der Waals surface area contributed by atoms with Gasteiger partial charge in [-0.1, -0.05) is 41.9 Å². The van der Waals surface area contributed by atoms with E-state index in [1.54, 1.807) is 11.1 Å². The maximum absolute atomic E-state index is 10.5. The number of anilines is 4. The standard InChI is InChI=1S/C25H32ClN7O/c1-31(2)24(34)20-6-4-5-7-22(20)29-23-21(26)16-27-25(30-23)28-19-10-8-18(9-11-19)17-33-14-12-32(3)13-15-33/h4-11,16,24,34H,12-15,17H2,1-3H3,(H2,27,28,29,30). The van der Waals surface area contributed by atoms with E-state index < -0.39 is 6.23 Å². The average molecular weight is 482 g/mol. The average Bonchev–Trinajstić information content (AvgIpc) is 2.84. The third-order valence-electron chi connectivity index (χ3n) is 5.94. The zero-order valence-corrected chi connectivity index (χ0v) is 20.6. The Balaban J connectivity index is 1.44. The lowest BCUT2D eigenvalue weighted by molar-refractivity contribution is 0.0401. The molecule has 0 spiro atoms. The number of piperazine rings is 1. The minimum absolute atomic E-state index is 0.391. The fourth-order valence-electron chi connectivity index (χ4n) is 3.84. The fourth-order valence-corrected chi connectivity index (χ4v) is 3.98. The first-order chi connectivity index (χ1) is 16.4. The number of hydrogen-bond acceptors (Lipinski definition) is 8. The molecule has 0 radical (unpaired) electrons. The highest BCUT2D eigenvalue weighted by atomic mass is 35.5. The summed E-state index contributed by atoms with van der Waals surface area (Å²) >= 11 is 6.37. The molecule has 2 aromatic carbocycles. The number of aliphatic hydroxyl groups is 1. The van der Waals surface area contributed by atoms with Crippen molar-refractivity contribution in [2.24, 2.45) is 0 Å². The molecule has 180 valence electrons. The van der Waals surface area contributed by atoms with Crippen LogP contribution >= 0.6 is 11.6 Å². The van der Waals surface area contributed by atoms with Gasteiger partial charge in [-0.05, 0) is 44.9 Å². The Labute approximate surface area is 206 Å². The quantitative estimate of drug-likeness (QED) is 0.418. The Hall–Kier alpha value is -2.75. The molecule has 0 saturated carbocycles. The van der Waals surface area contributed by atoms with E-state index in [4.69, 9.17) is 11.6 Å². The van der Waals surface area contributed by atoms with Gasteiger partial charge in [-0.2, -0.15) is 4.98 Å². The van der Waals surface area contributed by atoms with E-state index in [1.807, 2.05) is 50.5 Å². The van der Waals surface area contributed by atoms with Crippen LogP contribution in [0.3, 0.4) is 0 Å². The topological polar surface area (TPSA) is 79.8 Å². The van der Waals surface area contributed by atoms with Crippen LogP contribution in [-0.4, -0.2) is 77.1 Å². The number of aromatic nitrogens is 2. The second-order valence-electron chi connectivity index (χ2n) is 8.84. The van der Waals surface area contributed by atoms with Crippen LogP contribution in [0.15, 0.2) is 54.7 Å². The molecule has 1 fully saturated rings. The molecule has 0 bridgehead atoms. The van der Waals surface area contributed by atoms with Gasteiger partial charge in [0.15, 0.2) is 5.82 Å². The first-order valence-electron chi connectivity index (χ1n) is 11.4. The van der Waals surface area contributed by atoms with Crippen LogP contribution in [0, 0.1) is 0 Å². The predicted octanol–water partition coefficient (Wildman–Crippen LogP) is 3.92. The minimum Gasteiger partial charge on any atom is -0.374 e. The number of rotatable bonds is 8. The molecule has 1 aromatic heterocycles. The second kappa shape index (κ2) is 11.1. The smallest absolute Gasteiger partial charge is 0.229 e. The van der Waals surface area contributed by atoms with Crippen molar-refractivity contribution in [1.82, 2.24) is 24.7 Å². The van der Waals surface area contributed by atoms with Gasteiger partial charge in [0.2, 0.25) is 5.95 Å². The molecule has 4 rings (SSSR count). The summed E-state index contributed by atoms with van der Waals surface area (Å²) in [5, 5.41) is 17.4. The van der Waals surface area contributed by atoms with Gasteiger partial charge in [0.25, 0.3) is 0 Å². The third-order valence-corrected chi connectivity index (χ3v) is 6.21. The van der Waals surface area contributed by atoms with E-state index in [-0.39, 0.29) is 0 Å². The molecule has 34 heavy (non-hydrogen) atoms. The fraction of sp³-hybridized carbons (Fsp3) is 0.360. The maximum atomic E-state index is 10.5. The lowest BCUT2D eigenvalue weighted by Gasteiger charge is -2.32. The number of benzene rings is 2. The SMILES string of the molecule is CN1CCN(Cc2ccc(Nc3ncc(Cl)c(Nc4ccccc4C(O)N(C)C)n3)cc2)CC1. The monoisotopic (exact) mass is 481 g/mol.